The molecule has 0 amide bonds. The first-order valence-corrected chi connectivity index (χ1v) is 6.58. The molecule has 2 heteroatoms. The van der Waals surface area contributed by atoms with E-state index in [1.807, 2.05) is 0 Å². The molecule has 94 valence electrons. The largest absolute Gasteiger partial charge is 0.496 e. The summed E-state index contributed by atoms with van der Waals surface area (Å²) in [6.07, 6.45) is 2.55. The van der Waals surface area contributed by atoms with Crippen LogP contribution in [0.25, 0.3) is 0 Å². The van der Waals surface area contributed by atoms with Crippen molar-refractivity contribution in [3.05, 3.63) is 29.3 Å². The molecule has 1 unspecified atom stereocenters. The summed E-state index contributed by atoms with van der Waals surface area (Å²) in [6.45, 7) is 6.85. The monoisotopic (exact) mass is 233 g/mol. The second-order valence-corrected chi connectivity index (χ2v) is 5.07. The highest BCUT2D eigenvalue weighted by molar-refractivity contribution is 5.42. The van der Waals surface area contributed by atoms with Crippen molar-refractivity contribution in [3.8, 4) is 5.75 Å². The van der Waals surface area contributed by atoms with E-state index in [-0.39, 0.29) is 0 Å². The molecule has 1 aromatic rings. The molecule has 1 saturated heterocycles. The quantitative estimate of drug-likeness (QED) is 0.866. The van der Waals surface area contributed by atoms with Gasteiger partial charge in [0.15, 0.2) is 0 Å². The van der Waals surface area contributed by atoms with E-state index < -0.39 is 0 Å². The third-order valence-electron chi connectivity index (χ3n) is 4.05. The van der Waals surface area contributed by atoms with Crippen LogP contribution in [0, 0.1) is 12.8 Å². The Morgan fingerprint density at radius 3 is 2.65 bits per heavy atom. The van der Waals surface area contributed by atoms with Crippen LogP contribution in [-0.4, -0.2) is 20.2 Å². The maximum atomic E-state index is 5.52. The summed E-state index contributed by atoms with van der Waals surface area (Å²) in [5, 5.41) is 3.43. The summed E-state index contributed by atoms with van der Waals surface area (Å²) >= 11 is 0. The number of aryl methyl sites for hydroxylation is 1. The standard InChI is InChI=1S/C15H23NO/c1-11-5-4-6-14(17-3)15(11)12(2)13-7-9-16-10-8-13/h4-6,12-13,16H,7-10H2,1-3H3. The van der Waals surface area contributed by atoms with Gasteiger partial charge in [0.05, 0.1) is 7.11 Å². The number of ether oxygens (including phenoxy) is 1. The van der Waals surface area contributed by atoms with Crippen molar-refractivity contribution in [2.75, 3.05) is 20.2 Å². The van der Waals surface area contributed by atoms with Crippen molar-refractivity contribution in [2.45, 2.75) is 32.6 Å². The molecule has 0 aliphatic carbocycles. The zero-order valence-electron chi connectivity index (χ0n) is 11.1. The molecule has 1 aliphatic rings. The predicted molar refractivity (Wildman–Crippen MR) is 71.7 cm³/mol. The minimum absolute atomic E-state index is 0.591. The molecule has 2 nitrogen and oxygen atoms in total. The molecule has 0 radical (unpaired) electrons. The fourth-order valence-corrected chi connectivity index (χ4v) is 3.00. The minimum Gasteiger partial charge on any atom is -0.496 e. The Kier molecular flexibility index (Phi) is 4.06. The van der Waals surface area contributed by atoms with Gasteiger partial charge in [-0.1, -0.05) is 19.1 Å². The minimum atomic E-state index is 0.591. The van der Waals surface area contributed by atoms with E-state index in [4.69, 9.17) is 4.74 Å². The summed E-state index contributed by atoms with van der Waals surface area (Å²) in [5.74, 6) is 2.43. The number of hydrogen-bond acceptors (Lipinski definition) is 2. The lowest BCUT2D eigenvalue weighted by atomic mass is 9.80. The first-order valence-electron chi connectivity index (χ1n) is 6.58. The van der Waals surface area contributed by atoms with Gasteiger partial charge in [0, 0.05) is 5.56 Å². The molecule has 1 aromatic carbocycles. The normalized spacial score (nSPS) is 19.0. The molecule has 0 saturated carbocycles. The van der Waals surface area contributed by atoms with Crippen LogP contribution in [0.1, 0.15) is 36.8 Å². The summed E-state index contributed by atoms with van der Waals surface area (Å²) in [6, 6.07) is 6.35. The van der Waals surface area contributed by atoms with Crippen molar-refractivity contribution < 1.29 is 4.74 Å². The second-order valence-electron chi connectivity index (χ2n) is 5.07. The fraction of sp³-hybridized carbons (Fsp3) is 0.600. The summed E-state index contributed by atoms with van der Waals surface area (Å²) in [4.78, 5) is 0. The average molecular weight is 233 g/mol. The first kappa shape index (κ1) is 12.4. The van der Waals surface area contributed by atoms with Crippen LogP contribution >= 0.6 is 0 Å². The third kappa shape index (κ3) is 2.63. The van der Waals surface area contributed by atoms with Crippen LogP contribution in [0.15, 0.2) is 18.2 Å². The highest BCUT2D eigenvalue weighted by Crippen LogP contribution is 2.37. The van der Waals surface area contributed by atoms with E-state index in [1.165, 1.54) is 24.0 Å². The van der Waals surface area contributed by atoms with Crippen molar-refractivity contribution >= 4 is 0 Å². The molecule has 0 bridgehead atoms. The SMILES string of the molecule is COc1cccc(C)c1C(C)C1CCNCC1. The molecule has 2 rings (SSSR count). The second kappa shape index (κ2) is 5.54. The van der Waals surface area contributed by atoms with Gasteiger partial charge >= 0.3 is 0 Å². The molecular formula is C15H23NO. The molecule has 0 spiro atoms. The third-order valence-corrected chi connectivity index (χ3v) is 4.05. The molecular weight excluding hydrogens is 210 g/mol. The lowest BCUT2D eigenvalue weighted by molar-refractivity contribution is 0.320. The van der Waals surface area contributed by atoms with Gasteiger partial charge in [-0.3, -0.25) is 0 Å². The Bertz CT molecular complexity index is 369. The zero-order chi connectivity index (χ0) is 12.3. The molecule has 1 fully saturated rings. The molecule has 1 N–H and O–H groups in total. The van der Waals surface area contributed by atoms with E-state index in [0.29, 0.717) is 5.92 Å². The van der Waals surface area contributed by atoms with Crippen molar-refractivity contribution in [2.24, 2.45) is 5.92 Å². The predicted octanol–water partition coefficient (Wildman–Crippen LogP) is 3.11. The van der Waals surface area contributed by atoms with Gasteiger partial charge in [0.2, 0.25) is 0 Å². The van der Waals surface area contributed by atoms with Gasteiger partial charge in [0.25, 0.3) is 0 Å². The number of hydrogen-bond donors (Lipinski definition) is 1. The maximum absolute atomic E-state index is 5.52. The van der Waals surface area contributed by atoms with Crippen LogP contribution in [0.3, 0.4) is 0 Å². The Morgan fingerprint density at radius 1 is 1.29 bits per heavy atom. The van der Waals surface area contributed by atoms with E-state index in [2.05, 4.69) is 37.4 Å². The highest BCUT2D eigenvalue weighted by Gasteiger charge is 2.24. The maximum Gasteiger partial charge on any atom is 0.122 e. The summed E-state index contributed by atoms with van der Waals surface area (Å²) < 4.78 is 5.52. The smallest absolute Gasteiger partial charge is 0.122 e. The number of piperidine rings is 1. The molecule has 1 heterocycles. The molecule has 17 heavy (non-hydrogen) atoms. The number of nitrogens with one attached hydrogen (secondary N) is 1. The van der Waals surface area contributed by atoms with Crippen LogP contribution in [0.5, 0.6) is 5.75 Å². The summed E-state index contributed by atoms with van der Waals surface area (Å²) in [7, 11) is 1.77. The van der Waals surface area contributed by atoms with E-state index in [0.717, 1.165) is 24.8 Å². The Labute approximate surface area is 104 Å². The van der Waals surface area contributed by atoms with E-state index in [1.54, 1.807) is 7.11 Å². The van der Waals surface area contributed by atoms with Crippen LogP contribution in [0.2, 0.25) is 0 Å². The lowest BCUT2D eigenvalue weighted by Gasteiger charge is -2.30. The van der Waals surface area contributed by atoms with Crippen LogP contribution in [-0.2, 0) is 0 Å². The Balaban J connectivity index is 2.25. The Hall–Kier alpha value is -1.02. The van der Waals surface area contributed by atoms with Crippen molar-refractivity contribution in [3.63, 3.8) is 0 Å². The molecule has 0 aromatic heterocycles. The van der Waals surface area contributed by atoms with Crippen molar-refractivity contribution in [1.82, 2.24) is 5.32 Å². The molecule has 1 atom stereocenters. The highest BCUT2D eigenvalue weighted by atomic mass is 16.5. The fourth-order valence-electron chi connectivity index (χ4n) is 3.00. The Morgan fingerprint density at radius 2 is 2.00 bits per heavy atom. The van der Waals surface area contributed by atoms with Gasteiger partial charge in [-0.05, 0) is 56.3 Å². The van der Waals surface area contributed by atoms with Gasteiger partial charge in [-0.25, -0.2) is 0 Å². The number of methoxy groups -OCH3 is 1. The number of benzene rings is 1. The van der Waals surface area contributed by atoms with Crippen LogP contribution in [0.4, 0.5) is 0 Å². The topological polar surface area (TPSA) is 21.3 Å². The van der Waals surface area contributed by atoms with E-state index >= 15 is 0 Å². The first-order chi connectivity index (χ1) is 8.24. The van der Waals surface area contributed by atoms with Crippen molar-refractivity contribution in [1.29, 1.82) is 0 Å². The van der Waals surface area contributed by atoms with E-state index in [9.17, 15) is 0 Å². The zero-order valence-corrected chi connectivity index (χ0v) is 11.1. The lowest BCUT2D eigenvalue weighted by Crippen LogP contribution is -2.30. The van der Waals surface area contributed by atoms with Gasteiger partial charge < -0.3 is 10.1 Å². The van der Waals surface area contributed by atoms with Crippen LogP contribution < -0.4 is 10.1 Å². The van der Waals surface area contributed by atoms with Gasteiger partial charge in [-0.2, -0.15) is 0 Å². The van der Waals surface area contributed by atoms with Gasteiger partial charge in [-0.15, -0.1) is 0 Å². The molecule has 1 aliphatic heterocycles. The summed E-state index contributed by atoms with van der Waals surface area (Å²) in [5.41, 5.74) is 2.76. The average Bonchev–Trinajstić information content (AvgIpc) is 2.38. The number of rotatable bonds is 3. The van der Waals surface area contributed by atoms with Gasteiger partial charge in [0.1, 0.15) is 5.75 Å².